The van der Waals surface area contributed by atoms with Gasteiger partial charge in [0.05, 0.1) is 15.7 Å². The number of hydrogen-bond donors (Lipinski definition) is 3. The van der Waals surface area contributed by atoms with Gasteiger partial charge in [-0.2, -0.15) is 13.2 Å². The Hall–Kier alpha value is -2.86. The average molecular weight is 567 g/mol. The molecule has 2 heterocycles. The number of rotatable bonds is 7. The molecule has 0 radical (unpaired) electrons. The van der Waals surface area contributed by atoms with Crippen LogP contribution in [0, 0.1) is 5.41 Å². The molecule has 2 saturated carbocycles. The van der Waals surface area contributed by atoms with Gasteiger partial charge in [0.2, 0.25) is 5.72 Å². The molecule has 1 unspecified atom stereocenters. The van der Waals surface area contributed by atoms with Crippen LogP contribution in [-0.4, -0.2) is 54.7 Å². The molecule has 1 saturated heterocycles. The van der Waals surface area contributed by atoms with Crippen molar-refractivity contribution in [1.82, 2.24) is 4.98 Å². The molecule has 1 amide bonds. The third-order valence-corrected chi connectivity index (χ3v) is 10.5. The average Bonchev–Trinajstić information content (AvgIpc) is 3.38. The van der Waals surface area contributed by atoms with Gasteiger partial charge in [-0.25, -0.2) is 13.4 Å². The number of aromatic nitrogens is 1. The summed E-state index contributed by atoms with van der Waals surface area (Å²) in [7, 11) is -3.52. The Balaban J connectivity index is 1.41. The smallest absolute Gasteiger partial charge is 0.364 e. The summed E-state index contributed by atoms with van der Waals surface area (Å²) in [4.78, 5) is 19.8. The molecule has 1 aliphatic heterocycles. The number of hydrogen-bond acceptors (Lipinski definition) is 7. The second-order valence-electron chi connectivity index (χ2n) is 11.2. The molecule has 1 spiro atoms. The lowest BCUT2D eigenvalue weighted by atomic mass is 9.93. The van der Waals surface area contributed by atoms with Crippen LogP contribution in [0.15, 0.2) is 41.3 Å². The van der Waals surface area contributed by atoms with Crippen molar-refractivity contribution >= 4 is 33.1 Å². The number of piperidine rings is 1. The van der Waals surface area contributed by atoms with E-state index in [9.17, 15) is 31.5 Å². The van der Waals surface area contributed by atoms with Gasteiger partial charge in [0, 0.05) is 18.8 Å². The second kappa shape index (κ2) is 9.96. The maximum absolute atomic E-state index is 13.4. The molecule has 1 aromatic heterocycles. The first-order chi connectivity index (χ1) is 18.3. The largest absolute Gasteiger partial charge is 0.436 e. The van der Waals surface area contributed by atoms with Crippen LogP contribution in [0.3, 0.4) is 0 Å². The highest BCUT2D eigenvalue weighted by atomic mass is 32.2. The highest BCUT2D eigenvalue weighted by Crippen LogP contribution is 2.54. The molecule has 5 rings (SSSR count). The van der Waals surface area contributed by atoms with Crippen molar-refractivity contribution in [3.05, 3.63) is 42.0 Å². The molecule has 1 atom stereocenters. The molecule has 39 heavy (non-hydrogen) atoms. The van der Waals surface area contributed by atoms with Crippen molar-refractivity contribution in [2.75, 3.05) is 28.6 Å². The van der Waals surface area contributed by atoms with Crippen LogP contribution in [-0.2, 0) is 9.84 Å². The molecule has 2 aliphatic carbocycles. The zero-order valence-electron chi connectivity index (χ0n) is 21.7. The standard InChI is InChI=1S/C27H33F3N4O4S/c1-25(36,27(28,29)30)33-22-10-9-21(23(32-22)34-15-13-26(11-12-26)14-16-34)24(35)31-18-5-4-8-20(17-18)39(37,38)19-6-2-3-7-19/h4-5,8-10,17,19,36H,2-3,6-7,11-16H2,1H3,(H,31,35)(H,32,33). The van der Waals surface area contributed by atoms with Gasteiger partial charge in [0.25, 0.3) is 5.91 Å². The number of alkyl halides is 3. The number of amides is 1. The molecule has 3 fully saturated rings. The number of pyridine rings is 1. The molecule has 12 heteroatoms. The number of sulfone groups is 1. The van der Waals surface area contributed by atoms with Crippen LogP contribution in [0.5, 0.6) is 0 Å². The maximum atomic E-state index is 13.4. The first-order valence-corrected chi connectivity index (χ1v) is 14.8. The monoisotopic (exact) mass is 566 g/mol. The Morgan fingerprint density at radius 2 is 1.74 bits per heavy atom. The molecular formula is C27H33F3N4O4S. The number of halogens is 3. The fraction of sp³-hybridized carbons (Fsp3) is 0.556. The number of benzene rings is 1. The Bertz CT molecular complexity index is 1340. The minimum atomic E-state index is -4.95. The van der Waals surface area contributed by atoms with Gasteiger partial charge < -0.3 is 20.6 Å². The van der Waals surface area contributed by atoms with Crippen molar-refractivity contribution in [1.29, 1.82) is 0 Å². The van der Waals surface area contributed by atoms with Gasteiger partial charge in [-0.3, -0.25) is 4.79 Å². The summed E-state index contributed by atoms with van der Waals surface area (Å²) >= 11 is 0. The van der Waals surface area contributed by atoms with Gasteiger partial charge in [0.15, 0.2) is 9.84 Å². The predicted molar refractivity (Wildman–Crippen MR) is 141 cm³/mol. The number of anilines is 3. The van der Waals surface area contributed by atoms with Crippen molar-refractivity contribution in [3.8, 4) is 0 Å². The third kappa shape index (κ3) is 5.72. The van der Waals surface area contributed by atoms with E-state index in [1.807, 2.05) is 10.2 Å². The molecule has 8 nitrogen and oxygen atoms in total. The lowest BCUT2D eigenvalue weighted by Crippen LogP contribution is -2.49. The SMILES string of the molecule is CC(O)(Nc1ccc(C(=O)Nc2cccc(S(=O)(=O)C3CCCC3)c2)c(N2CCC3(CC2)CC3)n1)C(F)(F)F. The van der Waals surface area contributed by atoms with Crippen LogP contribution in [0.1, 0.15) is 68.6 Å². The van der Waals surface area contributed by atoms with E-state index in [-0.39, 0.29) is 22.1 Å². The quantitative estimate of drug-likeness (QED) is 0.399. The topological polar surface area (TPSA) is 112 Å². The number of nitrogens with one attached hydrogen (secondary N) is 2. The van der Waals surface area contributed by atoms with Gasteiger partial charge >= 0.3 is 6.18 Å². The molecule has 3 N–H and O–H groups in total. The minimum Gasteiger partial charge on any atom is -0.364 e. The van der Waals surface area contributed by atoms with E-state index in [0.29, 0.717) is 44.0 Å². The summed E-state index contributed by atoms with van der Waals surface area (Å²) in [5, 5.41) is 14.2. The van der Waals surface area contributed by atoms with Crippen LogP contribution in [0.25, 0.3) is 0 Å². The van der Waals surface area contributed by atoms with E-state index >= 15 is 0 Å². The fourth-order valence-electron chi connectivity index (χ4n) is 5.47. The van der Waals surface area contributed by atoms with Crippen LogP contribution in [0.2, 0.25) is 0 Å². The zero-order valence-corrected chi connectivity index (χ0v) is 22.5. The van der Waals surface area contributed by atoms with Crippen molar-refractivity contribution < 1.29 is 31.5 Å². The molecule has 212 valence electrons. The van der Waals surface area contributed by atoms with Crippen molar-refractivity contribution in [3.63, 3.8) is 0 Å². The number of carbonyl (C=O) groups is 1. The van der Waals surface area contributed by atoms with Crippen LogP contribution in [0.4, 0.5) is 30.5 Å². The summed E-state index contributed by atoms with van der Waals surface area (Å²) in [5.74, 6) is -0.574. The Kier molecular flexibility index (Phi) is 7.07. The van der Waals surface area contributed by atoms with E-state index in [0.717, 1.165) is 38.5 Å². The summed E-state index contributed by atoms with van der Waals surface area (Å²) < 4.78 is 65.9. The first kappa shape index (κ1) is 27.7. The Morgan fingerprint density at radius 3 is 2.36 bits per heavy atom. The van der Waals surface area contributed by atoms with Gasteiger partial charge in [-0.15, -0.1) is 0 Å². The van der Waals surface area contributed by atoms with Crippen molar-refractivity contribution in [2.24, 2.45) is 5.41 Å². The van der Waals surface area contributed by atoms with E-state index in [1.54, 1.807) is 12.1 Å². The molecule has 3 aliphatic rings. The lowest BCUT2D eigenvalue weighted by molar-refractivity contribution is -0.240. The second-order valence-corrected chi connectivity index (χ2v) is 13.4. The number of aliphatic hydroxyl groups is 1. The molecule has 0 bridgehead atoms. The summed E-state index contributed by atoms with van der Waals surface area (Å²) in [6.45, 7) is 1.79. The lowest BCUT2D eigenvalue weighted by Gasteiger charge is -2.34. The Morgan fingerprint density at radius 1 is 1.08 bits per heavy atom. The summed E-state index contributed by atoms with van der Waals surface area (Å²) in [6, 6.07) is 8.70. The normalized spacial score (nSPS) is 21.0. The highest BCUT2D eigenvalue weighted by Gasteiger charge is 2.50. The number of carbonyl (C=O) groups excluding carboxylic acids is 1. The molecule has 1 aromatic carbocycles. The third-order valence-electron chi connectivity index (χ3n) is 8.29. The van der Waals surface area contributed by atoms with E-state index in [2.05, 4.69) is 10.3 Å². The maximum Gasteiger partial charge on any atom is 0.436 e. The zero-order chi connectivity index (χ0) is 28.1. The highest BCUT2D eigenvalue weighted by molar-refractivity contribution is 7.92. The van der Waals surface area contributed by atoms with Crippen LogP contribution >= 0.6 is 0 Å². The molecular weight excluding hydrogens is 533 g/mol. The van der Waals surface area contributed by atoms with E-state index in [4.69, 9.17) is 0 Å². The van der Waals surface area contributed by atoms with Crippen molar-refractivity contribution in [2.45, 2.75) is 80.3 Å². The van der Waals surface area contributed by atoms with Crippen LogP contribution < -0.4 is 15.5 Å². The fourth-order valence-corrected chi connectivity index (χ4v) is 7.36. The first-order valence-electron chi connectivity index (χ1n) is 13.3. The minimum absolute atomic E-state index is 0.142. The predicted octanol–water partition coefficient (Wildman–Crippen LogP) is 5.11. The summed E-state index contributed by atoms with van der Waals surface area (Å²) in [5.41, 5.74) is -2.46. The van der Waals surface area contributed by atoms with Gasteiger partial charge in [-0.05, 0) is 81.2 Å². The van der Waals surface area contributed by atoms with E-state index in [1.165, 1.54) is 24.3 Å². The summed E-state index contributed by atoms with van der Waals surface area (Å²) in [6.07, 6.45) is 2.13. The molecule has 2 aromatic rings. The number of nitrogens with zero attached hydrogens (tertiary/aromatic N) is 2. The van der Waals surface area contributed by atoms with Gasteiger partial charge in [-0.1, -0.05) is 18.9 Å². The van der Waals surface area contributed by atoms with E-state index < -0.39 is 32.9 Å². The van der Waals surface area contributed by atoms with Gasteiger partial charge in [0.1, 0.15) is 11.6 Å². The Labute approximate surface area is 225 Å².